The summed E-state index contributed by atoms with van der Waals surface area (Å²) in [5, 5.41) is 3.24. The minimum Gasteiger partial charge on any atom is -0.459 e. The lowest BCUT2D eigenvalue weighted by Crippen LogP contribution is -2.24. The highest BCUT2D eigenvalue weighted by Gasteiger charge is 2.24. The lowest BCUT2D eigenvalue weighted by molar-refractivity contribution is -0.0663. The molecule has 0 fully saturated rings. The van der Waals surface area contributed by atoms with E-state index in [-0.39, 0.29) is 12.6 Å². The Kier molecular flexibility index (Phi) is 4.58. The van der Waals surface area contributed by atoms with Gasteiger partial charge in [-0.05, 0) is 0 Å². The van der Waals surface area contributed by atoms with Crippen LogP contribution in [0, 0.1) is 11.8 Å². The first-order valence-electron chi connectivity index (χ1n) is 6.79. The Morgan fingerprint density at radius 2 is 1.32 bits per heavy atom. The molecule has 0 bridgehead atoms. The van der Waals surface area contributed by atoms with E-state index in [1.54, 1.807) is 12.5 Å². The van der Waals surface area contributed by atoms with Gasteiger partial charge in [-0.15, -0.1) is 0 Å². The molecule has 0 spiro atoms. The van der Waals surface area contributed by atoms with E-state index in [4.69, 9.17) is 18.9 Å². The SMILES string of the molecule is CC(C)C1OC=C(CNCC2=COC(C(C)C)O2)O1. The van der Waals surface area contributed by atoms with Gasteiger partial charge in [0, 0.05) is 11.8 Å². The molecule has 5 heteroatoms. The Morgan fingerprint density at radius 3 is 1.63 bits per heavy atom. The van der Waals surface area contributed by atoms with Gasteiger partial charge < -0.3 is 24.3 Å². The third-order valence-electron chi connectivity index (χ3n) is 2.89. The molecule has 0 aromatic heterocycles. The molecule has 2 rings (SSSR count). The van der Waals surface area contributed by atoms with Crippen LogP contribution in [0.1, 0.15) is 27.7 Å². The highest BCUT2D eigenvalue weighted by Crippen LogP contribution is 2.21. The van der Waals surface area contributed by atoms with Crippen LogP contribution in [-0.4, -0.2) is 25.7 Å². The van der Waals surface area contributed by atoms with E-state index in [9.17, 15) is 0 Å². The van der Waals surface area contributed by atoms with Crippen LogP contribution >= 0.6 is 0 Å². The summed E-state index contributed by atoms with van der Waals surface area (Å²) in [6.07, 6.45) is 3.03. The van der Waals surface area contributed by atoms with E-state index in [1.807, 2.05) is 0 Å². The standard InChI is InChI=1S/C14H23NO4/c1-9(2)13-16-7-11(18-13)5-15-6-12-8-17-14(19-12)10(3)4/h7-10,13-15H,5-6H2,1-4H3. The first kappa shape index (κ1) is 14.1. The molecular formula is C14H23NO4. The minimum absolute atomic E-state index is 0.160. The van der Waals surface area contributed by atoms with Crippen molar-refractivity contribution in [1.29, 1.82) is 0 Å². The molecule has 0 aromatic carbocycles. The molecule has 0 amide bonds. The molecule has 108 valence electrons. The van der Waals surface area contributed by atoms with Gasteiger partial charge in [0.15, 0.2) is 0 Å². The van der Waals surface area contributed by atoms with Crippen molar-refractivity contribution in [3.8, 4) is 0 Å². The average molecular weight is 269 g/mol. The van der Waals surface area contributed by atoms with Crippen LogP contribution in [0.5, 0.6) is 0 Å². The van der Waals surface area contributed by atoms with Crippen molar-refractivity contribution in [2.24, 2.45) is 11.8 Å². The topological polar surface area (TPSA) is 49.0 Å². The van der Waals surface area contributed by atoms with Crippen molar-refractivity contribution in [3.63, 3.8) is 0 Å². The van der Waals surface area contributed by atoms with Crippen LogP contribution in [0.2, 0.25) is 0 Å². The highest BCUT2D eigenvalue weighted by atomic mass is 16.7. The molecule has 19 heavy (non-hydrogen) atoms. The van der Waals surface area contributed by atoms with Gasteiger partial charge in [-0.2, -0.15) is 0 Å². The largest absolute Gasteiger partial charge is 0.459 e. The van der Waals surface area contributed by atoms with E-state index in [1.165, 1.54) is 0 Å². The van der Waals surface area contributed by atoms with Crippen molar-refractivity contribution < 1.29 is 18.9 Å². The normalized spacial score (nSPS) is 25.6. The van der Waals surface area contributed by atoms with Gasteiger partial charge in [0.2, 0.25) is 12.6 Å². The summed E-state index contributed by atoms with van der Waals surface area (Å²) in [5.74, 6) is 2.32. The van der Waals surface area contributed by atoms with Crippen LogP contribution in [0.25, 0.3) is 0 Å². The van der Waals surface area contributed by atoms with Crippen molar-refractivity contribution in [3.05, 3.63) is 24.0 Å². The maximum atomic E-state index is 5.63. The molecule has 2 aliphatic heterocycles. The van der Waals surface area contributed by atoms with Crippen LogP contribution in [-0.2, 0) is 18.9 Å². The molecular weight excluding hydrogens is 246 g/mol. The maximum absolute atomic E-state index is 5.63. The second kappa shape index (κ2) is 6.19. The van der Waals surface area contributed by atoms with Gasteiger partial charge in [0.25, 0.3) is 0 Å². The summed E-state index contributed by atoms with van der Waals surface area (Å²) in [5.41, 5.74) is 0. The van der Waals surface area contributed by atoms with Gasteiger partial charge in [-0.25, -0.2) is 0 Å². The third-order valence-corrected chi connectivity index (χ3v) is 2.89. The average Bonchev–Trinajstić information content (AvgIpc) is 2.97. The van der Waals surface area contributed by atoms with Crippen molar-refractivity contribution in [2.75, 3.05) is 13.1 Å². The highest BCUT2D eigenvalue weighted by molar-refractivity contribution is 5.00. The fourth-order valence-electron chi connectivity index (χ4n) is 1.76. The van der Waals surface area contributed by atoms with Crippen molar-refractivity contribution in [1.82, 2.24) is 5.32 Å². The van der Waals surface area contributed by atoms with E-state index in [0.29, 0.717) is 24.9 Å². The summed E-state index contributed by atoms with van der Waals surface area (Å²) in [4.78, 5) is 0. The molecule has 1 N–H and O–H groups in total. The zero-order valence-electron chi connectivity index (χ0n) is 12.0. The molecule has 0 saturated carbocycles. The fraction of sp³-hybridized carbons (Fsp3) is 0.714. The predicted octanol–water partition coefficient (Wildman–Crippen LogP) is 2.32. The van der Waals surface area contributed by atoms with E-state index >= 15 is 0 Å². The summed E-state index contributed by atoms with van der Waals surface area (Å²) in [6.45, 7) is 9.50. The first-order chi connectivity index (χ1) is 9.06. The molecule has 2 atom stereocenters. The lowest BCUT2D eigenvalue weighted by atomic mass is 10.2. The summed E-state index contributed by atoms with van der Waals surface area (Å²) in [6, 6.07) is 0. The Hall–Kier alpha value is -1.36. The molecule has 2 aliphatic rings. The second-order valence-electron chi connectivity index (χ2n) is 5.50. The molecule has 5 nitrogen and oxygen atoms in total. The van der Waals surface area contributed by atoms with E-state index < -0.39 is 0 Å². The molecule has 0 radical (unpaired) electrons. The smallest absolute Gasteiger partial charge is 0.242 e. The monoisotopic (exact) mass is 269 g/mol. The lowest BCUT2D eigenvalue weighted by Gasteiger charge is -2.16. The number of nitrogens with one attached hydrogen (secondary N) is 1. The minimum atomic E-state index is -0.160. The van der Waals surface area contributed by atoms with Gasteiger partial charge in [0.1, 0.15) is 24.0 Å². The number of hydrogen-bond acceptors (Lipinski definition) is 5. The number of rotatable bonds is 6. The Balaban J connectivity index is 1.63. The van der Waals surface area contributed by atoms with Crippen molar-refractivity contribution >= 4 is 0 Å². The van der Waals surface area contributed by atoms with Gasteiger partial charge in [0.05, 0.1) is 13.1 Å². The molecule has 0 saturated heterocycles. The van der Waals surface area contributed by atoms with Crippen LogP contribution in [0.3, 0.4) is 0 Å². The first-order valence-corrected chi connectivity index (χ1v) is 6.79. The van der Waals surface area contributed by atoms with Crippen molar-refractivity contribution in [2.45, 2.75) is 40.3 Å². The number of hydrogen-bond donors (Lipinski definition) is 1. The zero-order valence-corrected chi connectivity index (χ0v) is 12.0. The van der Waals surface area contributed by atoms with Crippen LogP contribution in [0.15, 0.2) is 24.0 Å². The Labute approximate surface area is 114 Å². The third kappa shape index (κ3) is 3.80. The molecule has 0 aliphatic carbocycles. The van der Waals surface area contributed by atoms with Crippen LogP contribution in [0.4, 0.5) is 0 Å². The fourth-order valence-corrected chi connectivity index (χ4v) is 1.76. The molecule has 2 heterocycles. The molecule has 0 aromatic rings. The van der Waals surface area contributed by atoms with Gasteiger partial charge in [-0.1, -0.05) is 27.7 Å². The number of ether oxygens (including phenoxy) is 4. The zero-order chi connectivity index (χ0) is 13.8. The summed E-state index contributed by atoms with van der Waals surface area (Å²) >= 11 is 0. The molecule has 2 unspecified atom stereocenters. The quantitative estimate of drug-likeness (QED) is 0.802. The maximum Gasteiger partial charge on any atom is 0.242 e. The van der Waals surface area contributed by atoms with E-state index in [2.05, 4.69) is 33.0 Å². The van der Waals surface area contributed by atoms with Gasteiger partial charge in [-0.3, -0.25) is 0 Å². The van der Waals surface area contributed by atoms with E-state index in [0.717, 1.165) is 11.5 Å². The summed E-state index contributed by atoms with van der Waals surface area (Å²) < 4.78 is 22.1. The second-order valence-corrected chi connectivity index (χ2v) is 5.50. The Bertz CT molecular complexity index is 328. The van der Waals surface area contributed by atoms with Crippen LogP contribution < -0.4 is 5.32 Å². The van der Waals surface area contributed by atoms with Gasteiger partial charge >= 0.3 is 0 Å². The Morgan fingerprint density at radius 1 is 0.895 bits per heavy atom. The predicted molar refractivity (Wildman–Crippen MR) is 70.6 cm³/mol. The summed E-state index contributed by atoms with van der Waals surface area (Å²) in [7, 11) is 0.